The molecule has 2 aromatic carbocycles. The Morgan fingerprint density at radius 1 is 1.03 bits per heavy atom. The van der Waals surface area contributed by atoms with E-state index in [9.17, 15) is 14.0 Å². The van der Waals surface area contributed by atoms with E-state index in [2.05, 4.69) is 78.9 Å². The molecule has 13 nitrogen and oxygen atoms in total. The Bertz CT molecular complexity index is 2210. The highest BCUT2D eigenvalue weighted by Gasteiger charge is 2.51. The van der Waals surface area contributed by atoms with Gasteiger partial charge in [-0.1, -0.05) is 53.5 Å². The predicted molar refractivity (Wildman–Crippen MR) is 229 cm³/mol. The third kappa shape index (κ3) is 7.45. The largest absolute Gasteiger partial charge is 0.467 e. The zero-order chi connectivity index (χ0) is 42.6. The second-order valence-corrected chi connectivity index (χ2v) is 23.8. The lowest BCUT2D eigenvalue weighted by atomic mass is 9.93. The maximum Gasteiger partial charge on any atom is 0.322 e. The highest BCUT2D eigenvalue weighted by atomic mass is 28.3. The summed E-state index contributed by atoms with van der Waals surface area (Å²) >= 11 is 0. The van der Waals surface area contributed by atoms with Crippen LogP contribution in [-0.2, 0) is 22.5 Å². The van der Waals surface area contributed by atoms with Crippen LogP contribution in [0.5, 0.6) is 11.8 Å². The van der Waals surface area contributed by atoms with Gasteiger partial charge in [-0.3, -0.25) is 20.0 Å². The van der Waals surface area contributed by atoms with Crippen molar-refractivity contribution < 1.29 is 32.6 Å². The molecule has 5 aliphatic heterocycles. The van der Waals surface area contributed by atoms with E-state index in [0.29, 0.717) is 90.3 Å². The van der Waals surface area contributed by atoms with Crippen LogP contribution in [0.2, 0.25) is 16.6 Å². The van der Waals surface area contributed by atoms with E-state index in [4.69, 9.17) is 24.2 Å². The minimum absolute atomic E-state index is 0.0368. The smallest absolute Gasteiger partial charge is 0.322 e. The molecule has 3 amide bonds. The van der Waals surface area contributed by atoms with Gasteiger partial charge in [0.1, 0.15) is 38.0 Å². The standard InChI is InChI=1S/C44H58F2N8O5Si/c1-27(2)60(28(3)4,29(5)6)18-12-33-35(46)10-9-30-19-32(59-26-57-7)20-37(38(30)33)52-17-11-34-36(23-52)48-42(58-25-43-13-8-16-53(43)22-31(45)21-43)49-39(34)54-24-44(14-15-47-54)40(55)50-41(56)51-44/h9-10,19-20,27-29,31,47H,8,11,13-17,21-26H2,1-7H3,(H2,50,51,55,56)/t31-,43+,44?/m1/s1. The van der Waals surface area contributed by atoms with Crippen molar-refractivity contribution in [1.29, 1.82) is 0 Å². The summed E-state index contributed by atoms with van der Waals surface area (Å²) in [7, 11) is -0.664. The minimum atomic E-state index is -2.23. The van der Waals surface area contributed by atoms with Gasteiger partial charge < -0.3 is 24.4 Å². The summed E-state index contributed by atoms with van der Waals surface area (Å²) in [6, 6.07) is 6.70. The summed E-state index contributed by atoms with van der Waals surface area (Å²) in [5, 5.41) is 8.56. The summed E-state index contributed by atoms with van der Waals surface area (Å²) in [6.45, 7) is 16.4. The first kappa shape index (κ1) is 42.1. The van der Waals surface area contributed by atoms with Crippen molar-refractivity contribution >= 4 is 42.3 Å². The van der Waals surface area contributed by atoms with Crippen LogP contribution in [0.4, 0.5) is 25.1 Å². The number of ether oxygens (including phenoxy) is 3. The van der Waals surface area contributed by atoms with Gasteiger partial charge >= 0.3 is 12.0 Å². The van der Waals surface area contributed by atoms with Gasteiger partial charge in [-0.05, 0) is 66.4 Å². The lowest BCUT2D eigenvalue weighted by Crippen LogP contribution is -2.64. The molecule has 322 valence electrons. The third-order valence-electron chi connectivity index (χ3n) is 13.8. The van der Waals surface area contributed by atoms with Gasteiger partial charge in [-0.2, -0.15) is 9.97 Å². The van der Waals surface area contributed by atoms with Gasteiger partial charge in [-0.25, -0.2) is 19.0 Å². The number of carbonyl (C=O) groups excluding carboxylic acids is 2. The molecule has 60 heavy (non-hydrogen) atoms. The molecular weight excluding hydrogens is 787 g/mol. The number of nitrogens with zero attached hydrogens (tertiary/aromatic N) is 5. The number of alkyl halides is 1. The normalized spacial score (nSPS) is 24.3. The predicted octanol–water partition coefficient (Wildman–Crippen LogP) is 6.13. The number of benzene rings is 2. The second kappa shape index (κ2) is 16.4. The molecule has 0 radical (unpaired) electrons. The Morgan fingerprint density at radius 3 is 2.53 bits per heavy atom. The molecule has 1 aromatic heterocycles. The van der Waals surface area contributed by atoms with Crippen molar-refractivity contribution in [3.63, 3.8) is 0 Å². The van der Waals surface area contributed by atoms with Crippen molar-refractivity contribution in [2.75, 3.05) is 63.1 Å². The van der Waals surface area contributed by atoms with Gasteiger partial charge in [0.2, 0.25) is 0 Å². The zero-order valence-electron chi connectivity index (χ0n) is 35.8. The summed E-state index contributed by atoms with van der Waals surface area (Å²) in [4.78, 5) is 39.8. The molecule has 3 atom stereocenters. The van der Waals surface area contributed by atoms with E-state index in [0.717, 1.165) is 36.0 Å². The molecule has 6 heterocycles. The van der Waals surface area contributed by atoms with Gasteiger partial charge in [0.25, 0.3) is 5.91 Å². The molecular formula is C44H58F2N8O5Si. The number of fused-ring (bicyclic) bond motifs is 3. The molecule has 0 saturated carbocycles. The summed E-state index contributed by atoms with van der Waals surface area (Å²) in [5.41, 5.74) is 9.38. The number of amides is 3. The number of nitrogens with one attached hydrogen (secondary N) is 3. The van der Waals surface area contributed by atoms with E-state index in [1.807, 2.05) is 17.1 Å². The van der Waals surface area contributed by atoms with Crippen LogP contribution in [0.1, 0.15) is 84.0 Å². The number of hydrazine groups is 1. The molecule has 0 bridgehead atoms. The average Bonchev–Trinajstić information content (AvgIpc) is 3.83. The molecule has 5 aliphatic rings. The van der Waals surface area contributed by atoms with Gasteiger partial charge in [0, 0.05) is 50.2 Å². The lowest BCUT2D eigenvalue weighted by molar-refractivity contribution is -0.124. The average molecular weight is 845 g/mol. The molecule has 16 heteroatoms. The Labute approximate surface area is 352 Å². The van der Waals surface area contributed by atoms with Crippen LogP contribution in [0, 0.1) is 17.3 Å². The van der Waals surface area contributed by atoms with E-state index in [1.54, 1.807) is 13.2 Å². The molecule has 3 N–H and O–H groups in total. The monoisotopic (exact) mass is 844 g/mol. The number of halogens is 2. The van der Waals surface area contributed by atoms with Crippen molar-refractivity contribution in [2.45, 2.75) is 114 Å². The second-order valence-electron chi connectivity index (χ2n) is 18.2. The summed E-state index contributed by atoms with van der Waals surface area (Å²) < 4.78 is 48.9. The molecule has 4 fully saturated rings. The molecule has 4 saturated heterocycles. The molecule has 1 unspecified atom stereocenters. The Balaban J connectivity index is 1.22. The number of hydrogen-bond acceptors (Lipinski definition) is 11. The van der Waals surface area contributed by atoms with E-state index >= 15 is 4.39 Å². The highest BCUT2D eigenvalue weighted by molar-refractivity contribution is 6.90. The van der Waals surface area contributed by atoms with Crippen LogP contribution in [0.3, 0.4) is 0 Å². The van der Waals surface area contributed by atoms with Crippen molar-refractivity contribution in [3.8, 4) is 23.2 Å². The number of imide groups is 1. The maximum atomic E-state index is 16.3. The van der Waals surface area contributed by atoms with Crippen molar-refractivity contribution in [3.05, 3.63) is 46.9 Å². The Hall–Kier alpha value is -4.56. The van der Waals surface area contributed by atoms with E-state index in [-0.39, 0.29) is 37.7 Å². The highest BCUT2D eigenvalue weighted by Crippen LogP contribution is 2.44. The van der Waals surface area contributed by atoms with Crippen LogP contribution in [0.25, 0.3) is 10.8 Å². The summed E-state index contributed by atoms with van der Waals surface area (Å²) in [5.74, 6) is 3.81. The Morgan fingerprint density at radius 2 is 1.82 bits per heavy atom. The first-order valence-electron chi connectivity index (χ1n) is 21.4. The lowest BCUT2D eigenvalue weighted by Gasteiger charge is -2.41. The van der Waals surface area contributed by atoms with Crippen LogP contribution < -0.4 is 35.4 Å². The van der Waals surface area contributed by atoms with E-state index in [1.165, 1.54) is 6.07 Å². The number of methoxy groups -OCH3 is 1. The molecule has 3 aromatic rings. The number of hydrogen-bond donors (Lipinski definition) is 3. The van der Waals surface area contributed by atoms with Gasteiger partial charge in [0.05, 0.1) is 35.6 Å². The topological polar surface area (TPSA) is 133 Å². The Kier molecular flexibility index (Phi) is 11.5. The fraction of sp³-hybridized carbons (Fsp3) is 0.591. The third-order valence-corrected chi connectivity index (χ3v) is 20.1. The summed E-state index contributed by atoms with van der Waals surface area (Å²) in [6.07, 6.45) is 2.19. The number of carbonyl (C=O) groups is 2. The van der Waals surface area contributed by atoms with Crippen LogP contribution in [0.15, 0.2) is 24.3 Å². The van der Waals surface area contributed by atoms with Gasteiger partial charge in [0.15, 0.2) is 12.6 Å². The quantitative estimate of drug-likeness (QED) is 0.0892. The number of urea groups is 1. The van der Waals surface area contributed by atoms with Gasteiger partial charge in [-0.15, -0.1) is 5.54 Å². The number of anilines is 2. The number of rotatable bonds is 11. The molecule has 8 rings (SSSR count). The van der Waals surface area contributed by atoms with Crippen molar-refractivity contribution in [2.24, 2.45) is 0 Å². The van der Waals surface area contributed by atoms with Crippen LogP contribution in [-0.4, -0.2) is 105 Å². The fourth-order valence-electron chi connectivity index (χ4n) is 10.9. The molecule has 1 spiro atoms. The SMILES string of the molecule is COCOc1cc(N2CCc3c(nc(OC[C@@]45CCCN4C[C@H](F)C5)nc3N3CC4(CCN3)NC(=O)NC4=O)C2)c2c(C#C[Si](C(C)C)(C(C)C)C(C)C)c(F)ccc2c1. The first-order valence-corrected chi connectivity index (χ1v) is 23.6. The minimum Gasteiger partial charge on any atom is -0.467 e. The first-order chi connectivity index (χ1) is 28.7. The maximum absolute atomic E-state index is 16.3. The number of aromatic nitrogens is 2. The van der Waals surface area contributed by atoms with Crippen molar-refractivity contribution in [1.82, 2.24) is 30.9 Å². The fourth-order valence-corrected chi connectivity index (χ4v) is 16.1. The zero-order valence-corrected chi connectivity index (χ0v) is 36.8. The van der Waals surface area contributed by atoms with E-state index < -0.39 is 31.4 Å². The molecule has 0 aliphatic carbocycles. The van der Waals surface area contributed by atoms with Crippen LogP contribution >= 0.6 is 0 Å².